The van der Waals surface area contributed by atoms with Crippen molar-refractivity contribution in [2.45, 2.75) is 19.5 Å². The van der Waals surface area contributed by atoms with Crippen molar-refractivity contribution in [3.8, 4) is 33.4 Å². The van der Waals surface area contributed by atoms with Crippen molar-refractivity contribution >= 4 is 60.4 Å². The maximum Gasteiger partial charge on any atom is 0.148 e. The summed E-state index contributed by atoms with van der Waals surface area (Å²) in [4.78, 5) is 8.21. The average Bonchev–Trinajstić information content (AvgIpc) is 3.73. The summed E-state index contributed by atoms with van der Waals surface area (Å²) >= 11 is 0. The van der Waals surface area contributed by atoms with Crippen LogP contribution in [0.4, 0.5) is 5.69 Å². The molecule has 1 aromatic heterocycles. The van der Waals surface area contributed by atoms with Crippen LogP contribution in [-0.2, 0) is 0 Å². The molecule has 2 aliphatic carbocycles. The minimum absolute atomic E-state index is 0.283. The number of rotatable bonds is 6. The minimum Gasteiger partial charge on any atom is -0.349 e. The quantitative estimate of drug-likeness (QED) is 0.163. The van der Waals surface area contributed by atoms with Gasteiger partial charge in [0, 0.05) is 57.7 Å². The van der Waals surface area contributed by atoms with Crippen molar-refractivity contribution in [3.05, 3.63) is 253 Å². The number of para-hydroxylation sites is 1. The molecule has 2 atom stereocenters. The Kier molecular flexibility index (Phi) is 9.01. The van der Waals surface area contributed by atoms with E-state index in [1.807, 2.05) is 0 Å². The molecule has 10 aromatic rings. The van der Waals surface area contributed by atoms with Gasteiger partial charge < -0.3 is 9.47 Å². The van der Waals surface area contributed by atoms with Gasteiger partial charge in [0.15, 0.2) is 0 Å². The highest BCUT2D eigenvalue weighted by Crippen LogP contribution is 2.52. The highest BCUT2D eigenvalue weighted by atomic mass is 15.2. The van der Waals surface area contributed by atoms with E-state index in [0.717, 1.165) is 23.3 Å². The van der Waals surface area contributed by atoms with Gasteiger partial charge in [0.2, 0.25) is 0 Å². The molecular weight excluding hydrogens is 811 g/mol. The lowest BCUT2D eigenvalue weighted by Crippen LogP contribution is -2.39. The number of fused-ring (bicyclic) bond motifs is 9. The van der Waals surface area contributed by atoms with E-state index in [0.29, 0.717) is 0 Å². The van der Waals surface area contributed by atoms with Gasteiger partial charge in [-0.25, -0.2) is 0 Å². The van der Waals surface area contributed by atoms with Crippen molar-refractivity contribution in [2.24, 2.45) is 10.4 Å². The monoisotopic (exact) mass is 857 g/mol. The first-order valence-electron chi connectivity index (χ1n) is 23.4. The van der Waals surface area contributed by atoms with Crippen molar-refractivity contribution < 1.29 is 0 Å². The molecule has 3 aliphatic rings. The van der Waals surface area contributed by atoms with Crippen LogP contribution in [-0.4, -0.2) is 23.5 Å². The molecule has 1 aliphatic heterocycles. The number of allylic oxidation sites excluding steroid dienone is 6. The molecule has 3 heteroatoms. The summed E-state index contributed by atoms with van der Waals surface area (Å²) in [7, 11) is 2.22. The molecule has 0 saturated carbocycles. The Bertz CT molecular complexity index is 3640. The molecule has 0 bridgehead atoms. The number of benzene rings is 9. The molecule has 13 rings (SSSR count). The van der Waals surface area contributed by atoms with Crippen LogP contribution < -0.4 is 4.90 Å². The number of nitrogens with zero attached hydrogens (tertiary/aromatic N) is 3. The number of hydrogen-bond acceptors (Lipinski definition) is 2. The standard InChI is InChI=1S/C64H47N3/c1-64-37-19-18-31-56(64)55(63-65-62(52-30-16-17-32-57(52)66(63)2)46-35-33-43(34-36-46)42-20-6-3-7-21-42)38-47(41-64)67-58-39-53(44-22-8-4-9-23-44)48-26-12-14-28-50(48)60(58)61-51-29-15-13-27-49(51)54(40-59(61)67)45-24-10-5-11-25-45/h3-40,63H,41H2,1-2H3. The van der Waals surface area contributed by atoms with Crippen molar-refractivity contribution in [1.29, 1.82) is 0 Å². The average molecular weight is 858 g/mol. The van der Waals surface area contributed by atoms with Gasteiger partial charge >= 0.3 is 0 Å². The lowest BCUT2D eigenvalue weighted by atomic mass is 9.70. The molecule has 9 aromatic carbocycles. The normalized spacial score (nSPS) is 17.8. The first-order valence-corrected chi connectivity index (χ1v) is 23.4. The smallest absolute Gasteiger partial charge is 0.148 e. The van der Waals surface area contributed by atoms with Gasteiger partial charge in [0.1, 0.15) is 6.17 Å². The second kappa shape index (κ2) is 15.4. The fourth-order valence-electron chi connectivity index (χ4n) is 11.4. The maximum absolute atomic E-state index is 5.83. The summed E-state index contributed by atoms with van der Waals surface area (Å²) in [6, 6.07) is 73.2. The number of aromatic nitrogens is 1. The Hall–Kier alpha value is -8.27. The van der Waals surface area contributed by atoms with Gasteiger partial charge in [0.05, 0.1) is 16.7 Å². The molecule has 0 amide bonds. The number of aliphatic imine (C=N–C) groups is 1. The summed E-state index contributed by atoms with van der Waals surface area (Å²) < 4.78 is 2.63. The van der Waals surface area contributed by atoms with Crippen molar-refractivity contribution in [2.75, 3.05) is 11.9 Å². The maximum atomic E-state index is 5.83. The van der Waals surface area contributed by atoms with Crippen LogP contribution in [0.3, 0.4) is 0 Å². The van der Waals surface area contributed by atoms with Crippen LogP contribution in [0.5, 0.6) is 0 Å². The molecule has 318 valence electrons. The van der Waals surface area contributed by atoms with E-state index in [1.54, 1.807) is 0 Å². The third-order valence-electron chi connectivity index (χ3n) is 14.6. The minimum atomic E-state index is -0.292. The van der Waals surface area contributed by atoms with Crippen molar-refractivity contribution in [3.63, 3.8) is 0 Å². The zero-order valence-electron chi connectivity index (χ0n) is 37.6. The zero-order valence-corrected chi connectivity index (χ0v) is 37.6. The van der Waals surface area contributed by atoms with Crippen molar-refractivity contribution in [1.82, 2.24) is 4.57 Å². The summed E-state index contributed by atoms with van der Waals surface area (Å²) in [6.07, 6.45) is 12.2. The Labute approximate surface area is 391 Å². The van der Waals surface area contributed by atoms with Gasteiger partial charge in [-0.05, 0) is 84.8 Å². The molecule has 2 unspecified atom stereocenters. The Morgan fingerprint density at radius 3 is 1.58 bits per heavy atom. The van der Waals surface area contributed by atoms with Crippen LogP contribution in [0.1, 0.15) is 24.5 Å². The molecule has 0 N–H and O–H groups in total. The van der Waals surface area contributed by atoms with Crippen LogP contribution in [0.15, 0.2) is 247 Å². The molecule has 0 spiro atoms. The summed E-state index contributed by atoms with van der Waals surface area (Å²) in [5.74, 6) is 0. The Balaban J connectivity index is 1.10. The van der Waals surface area contributed by atoms with Gasteiger partial charge in [-0.1, -0.05) is 213 Å². The first-order chi connectivity index (χ1) is 33.0. The summed E-state index contributed by atoms with van der Waals surface area (Å²) in [5.41, 5.74) is 17.6. The number of likely N-dealkylation sites (N-methyl/N-ethyl adjacent to an activating group) is 1. The second-order valence-corrected chi connectivity index (χ2v) is 18.5. The van der Waals surface area contributed by atoms with Crippen LogP contribution in [0, 0.1) is 5.41 Å². The van der Waals surface area contributed by atoms with E-state index in [1.165, 1.54) is 99.3 Å². The number of hydrogen-bond donors (Lipinski definition) is 0. The largest absolute Gasteiger partial charge is 0.349 e. The SMILES string of the molecule is CN1c2ccccc2C(c2ccc(-c3ccccc3)cc2)=NC1C1=C2C=CC=CC2(C)CC(n2c3cc(-c4ccccc4)c4ccccc4c3c3c4ccccc4c(-c4ccccc4)cc32)=C1. The highest BCUT2D eigenvalue weighted by molar-refractivity contribution is 6.32. The van der Waals surface area contributed by atoms with E-state index < -0.39 is 0 Å². The van der Waals surface area contributed by atoms with Gasteiger partial charge in [-0.15, -0.1) is 0 Å². The van der Waals surface area contributed by atoms with E-state index in [9.17, 15) is 0 Å². The zero-order chi connectivity index (χ0) is 44.6. The van der Waals surface area contributed by atoms with Gasteiger partial charge in [-0.2, -0.15) is 0 Å². The van der Waals surface area contributed by atoms with E-state index in [2.05, 4.69) is 254 Å². The third-order valence-corrected chi connectivity index (χ3v) is 14.6. The second-order valence-electron chi connectivity index (χ2n) is 18.5. The molecule has 0 saturated heterocycles. The topological polar surface area (TPSA) is 20.5 Å². The van der Waals surface area contributed by atoms with E-state index in [-0.39, 0.29) is 11.6 Å². The predicted octanol–water partition coefficient (Wildman–Crippen LogP) is 16.1. The van der Waals surface area contributed by atoms with Crippen LogP contribution >= 0.6 is 0 Å². The third kappa shape index (κ3) is 6.22. The molecule has 3 nitrogen and oxygen atoms in total. The Morgan fingerprint density at radius 1 is 0.493 bits per heavy atom. The number of anilines is 1. The fraction of sp³-hybridized carbons (Fsp3) is 0.0781. The molecule has 67 heavy (non-hydrogen) atoms. The highest BCUT2D eigenvalue weighted by Gasteiger charge is 2.39. The molecule has 0 fully saturated rings. The molecule has 0 radical (unpaired) electrons. The lowest BCUT2D eigenvalue weighted by molar-refractivity contribution is 0.513. The lowest BCUT2D eigenvalue weighted by Gasteiger charge is -2.41. The van der Waals surface area contributed by atoms with Gasteiger partial charge in [0.25, 0.3) is 0 Å². The van der Waals surface area contributed by atoms with Crippen LogP contribution in [0.2, 0.25) is 0 Å². The summed E-state index contributed by atoms with van der Waals surface area (Å²) in [6.45, 7) is 2.42. The molecule has 2 heterocycles. The fourth-order valence-corrected chi connectivity index (χ4v) is 11.4. The summed E-state index contributed by atoms with van der Waals surface area (Å²) in [5, 5.41) is 7.60. The predicted molar refractivity (Wildman–Crippen MR) is 284 cm³/mol. The van der Waals surface area contributed by atoms with E-state index in [4.69, 9.17) is 4.99 Å². The molecular formula is C64H47N3. The first kappa shape index (κ1) is 39.1. The van der Waals surface area contributed by atoms with E-state index >= 15 is 0 Å². The van der Waals surface area contributed by atoms with Crippen LogP contribution in [0.25, 0.3) is 82.4 Å². The Morgan fingerprint density at radius 2 is 0.985 bits per heavy atom. The van der Waals surface area contributed by atoms with Gasteiger partial charge in [-0.3, -0.25) is 4.99 Å².